The van der Waals surface area contributed by atoms with Crippen LogP contribution in [0.15, 0.2) is 46.9 Å². The van der Waals surface area contributed by atoms with Crippen molar-refractivity contribution in [2.45, 2.75) is 18.4 Å². The number of carbonyl (C=O) groups excluding carboxylic acids is 1. The molecule has 108 valence electrons. The quantitative estimate of drug-likeness (QED) is 0.884. The third kappa shape index (κ3) is 2.70. The molecule has 1 amide bonds. The highest BCUT2D eigenvalue weighted by Gasteiger charge is 2.46. The number of rotatable bonds is 3. The molecule has 0 spiro atoms. The normalized spacial score (nSPS) is 15.6. The second-order valence-electron chi connectivity index (χ2n) is 5.14. The van der Waals surface area contributed by atoms with Crippen LogP contribution in [0.25, 0.3) is 0 Å². The zero-order chi connectivity index (χ0) is 15.0. The summed E-state index contributed by atoms with van der Waals surface area (Å²) in [7, 11) is 0. The van der Waals surface area contributed by atoms with Crippen LogP contribution in [0.3, 0.4) is 0 Å². The molecule has 1 N–H and O–H groups in total. The zero-order valence-corrected chi connectivity index (χ0v) is 12.6. The van der Waals surface area contributed by atoms with Gasteiger partial charge in [-0.2, -0.15) is 0 Å². The highest BCUT2D eigenvalue weighted by atomic mass is 79.9. The molecule has 3 rings (SSSR count). The average Bonchev–Trinajstić information content (AvgIpc) is 3.23. The van der Waals surface area contributed by atoms with E-state index in [9.17, 15) is 13.6 Å². The smallest absolute Gasteiger partial charge is 0.255 e. The van der Waals surface area contributed by atoms with E-state index < -0.39 is 23.1 Å². The van der Waals surface area contributed by atoms with Crippen LogP contribution >= 0.6 is 15.9 Å². The Morgan fingerprint density at radius 2 is 1.76 bits per heavy atom. The second kappa shape index (κ2) is 5.22. The van der Waals surface area contributed by atoms with E-state index in [4.69, 9.17) is 0 Å². The predicted molar refractivity (Wildman–Crippen MR) is 78.9 cm³/mol. The topological polar surface area (TPSA) is 29.1 Å². The molecule has 5 heteroatoms. The van der Waals surface area contributed by atoms with Crippen molar-refractivity contribution in [3.63, 3.8) is 0 Å². The van der Waals surface area contributed by atoms with Crippen molar-refractivity contribution in [2.75, 3.05) is 0 Å². The molecule has 1 saturated carbocycles. The molecule has 0 radical (unpaired) electrons. The van der Waals surface area contributed by atoms with E-state index in [1.807, 2.05) is 24.3 Å². The Balaban J connectivity index is 1.84. The lowest BCUT2D eigenvalue weighted by molar-refractivity contribution is 0.0925. The van der Waals surface area contributed by atoms with Crippen molar-refractivity contribution in [3.8, 4) is 0 Å². The molecule has 2 aromatic rings. The summed E-state index contributed by atoms with van der Waals surface area (Å²) >= 11 is 3.36. The largest absolute Gasteiger partial charge is 0.342 e. The minimum atomic E-state index is -1.11. The first kappa shape index (κ1) is 14.2. The minimum Gasteiger partial charge on any atom is -0.342 e. The number of hydrogen-bond donors (Lipinski definition) is 1. The van der Waals surface area contributed by atoms with Gasteiger partial charge in [-0.05, 0) is 42.7 Å². The van der Waals surface area contributed by atoms with Gasteiger partial charge in [0.1, 0.15) is 0 Å². The molecule has 0 unspecified atom stereocenters. The third-order valence-electron chi connectivity index (χ3n) is 3.70. The first-order chi connectivity index (χ1) is 10.0. The maximum absolute atomic E-state index is 13.7. The van der Waals surface area contributed by atoms with E-state index in [-0.39, 0.29) is 5.56 Å². The van der Waals surface area contributed by atoms with Gasteiger partial charge in [-0.15, -0.1) is 0 Å². The minimum absolute atomic E-state index is 0.265. The van der Waals surface area contributed by atoms with Crippen LogP contribution in [0.4, 0.5) is 8.78 Å². The number of carbonyl (C=O) groups is 1. The van der Waals surface area contributed by atoms with Crippen LogP contribution in [0, 0.1) is 11.6 Å². The van der Waals surface area contributed by atoms with Crippen molar-refractivity contribution < 1.29 is 13.6 Å². The Morgan fingerprint density at radius 1 is 1.10 bits per heavy atom. The molecule has 0 aliphatic heterocycles. The van der Waals surface area contributed by atoms with Crippen LogP contribution in [0.5, 0.6) is 0 Å². The van der Waals surface area contributed by atoms with Gasteiger partial charge in [-0.25, -0.2) is 8.78 Å². The molecule has 2 aromatic carbocycles. The summed E-state index contributed by atoms with van der Waals surface area (Å²) in [6.45, 7) is 0. The fourth-order valence-corrected chi connectivity index (χ4v) is 2.61. The van der Waals surface area contributed by atoms with Gasteiger partial charge in [0.25, 0.3) is 5.91 Å². The molecule has 1 fully saturated rings. The molecule has 1 aliphatic carbocycles. The fraction of sp³-hybridized carbons (Fsp3) is 0.188. The molecule has 0 heterocycles. The standard InChI is InChI=1S/C16H12BrF2NO/c17-11-6-4-10(5-7-11)16(8-9-16)20-15(21)12-2-1-3-13(18)14(12)19/h1-7H,8-9H2,(H,20,21). The van der Waals surface area contributed by atoms with E-state index in [0.717, 1.165) is 28.9 Å². The summed E-state index contributed by atoms with van der Waals surface area (Å²) in [6.07, 6.45) is 1.58. The van der Waals surface area contributed by atoms with Crippen molar-refractivity contribution in [2.24, 2.45) is 0 Å². The molecular weight excluding hydrogens is 340 g/mol. The highest BCUT2D eigenvalue weighted by molar-refractivity contribution is 9.10. The van der Waals surface area contributed by atoms with E-state index >= 15 is 0 Å². The molecule has 2 nitrogen and oxygen atoms in total. The highest BCUT2D eigenvalue weighted by Crippen LogP contribution is 2.45. The van der Waals surface area contributed by atoms with Crippen LogP contribution in [-0.4, -0.2) is 5.91 Å². The zero-order valence-electron chi connectivity index (χ0n) is 11.0. The van der Waals surface area contributed by atoms with E-state index in [0.29, 0.717) is 0 Å². The molecule has 0 saturated heterocycles. The van der Waals surface area contributed by atoms with Gasteiger partial charge in [-0.1, -0.05) is 34.1 Å². The summed E-state index contributed by atoms with van der Waals surface area (Å²) in [5.41, 5.74) is 0.241. The SMILES string of the molecule is O=C(NC1(c2ccc(Br)cc2)CC1)c1cccc(F)c1F. The predicted octanol–water partition coefficient (Wildman–Crippen LogP) is 4.15. The first-order valence-electron chi connectivity index (χ1n) is 6.54. The van der Waals surface area contributed by atoms with E-state index in [1.165, 1.54) is 12.1 Å². The van der Waals surface area contributed by atoms with Crippen molar-refractivity contribution in [1.29, 1.82) is 0 Å². The average molecular weight is 352 g/mol. The lowest BCUT2D eigenvalue weighted by Crippen LogP contribution is -2.35. The maximum atomic E-state index is 13.7. The number of hydrogen-bond acceptors (Lipinski definition) is 1. The fourth-order valence-electron chi connectivity index (χ4n) is 2.34. The van der Waals surface area contributed by atoms with Crippen LogP contribution in [-0.2, 0) is 5.54 Å². The molecule has 0 atom stereocenters. The lowest BCUT2D eigenvalue weighted by atomic mass is 10.0. The Bertz CT molecular complexity index is 696. The number of halogens is 3. The van der Waals surface area contributed by atoms with Crippen molar-refractivity contribution in [1.82, 2.24) is 5.32 Å². The summed E-state index contributed by atoms with van der Waals surface area (Å²) in [4.78, 5) is 12.2. The second-order valence-corrected chi connectivity index (χ2v) is 6.06. The van der Waals surface area contributed by atoms with Crippen LogP contribution in [0.1, 0.15) is 28.8 Å². The molecule has 21 heavy (non-hydrogen) atoms. The number of amides is 1. The van der Waals surface area contributed by atoms with Gasteiger partial charge in [0.05, 0.1) is 11.1 Å². The summed E-state index contributed by atoms with van der Waals surface area (Å²) < 4.78 is 27.8. The van der Waals surface area contributed by atoms with Crippen LogP contribution in [0.2, 0.25) is 0 Å². The van der Waals surface area contributed by atoms with Gasteiger partial charge in [0.2, 0.25) is 0 Å². The summed E-state index contributed by atoms with van der Waals surface area (Å²) in [6, 6.07) is 11.2. The van der Waals surface area contributed by atoms with Gasteiger partial charge in [-0.3, -0.25) is 4.79 Å². The Kier molecular flexibility index (Phi) is 3.53. The van der Waals surface area contributed by atoms with E-state index in [2.05, 4.69) is 21.2 Å². The monoisotopic (exact) mass is 351 g/mol. The van der Waals surface area contributed by atoms with Gasteiger partial charge >= 0.3 is 0 Å². The van der Waals surface area contributed by atoms with Gasteiger partial charge < -0.3 is 5.32 Å². The van der Waals surface area contributed by atoms with E-state index in [1.54, 1.807) is 0 Å². The van der Waals surface area contributed by atoms with Crippen LogP contribution < -0.4 is 5.32 Å². The Labute approximate surface area is 129 Å². The lowest BCUT2D eigenvalue weighted by Gasteiger charge is -2.18. The number of nitrogens with one attached hydrogen (secondary N) is 1. The Morgan fingerprint density at radius 3 is 2.38 bits per heavy atom. The van der Waals surface area contributed by atoms with Gasteiger partial charge in [0.15, 0.2) is 11.6 Å². The van der Waals surface area contributed by atoms with Crippen molar-refractivity contribution >= 4 is 21.8 Å². The Hall–Kier alpha value is -1.75. The maximum Gasteiger partial charge on any atom is 0.255 e. The van der Waals surface area contributed by atoms with Gasteiger partial charge in [0, 0.05) is 4.47 Å². The number of benzene rings is 2. The first-order valence-corrected chi connectivity index (χ1v) is 7.34. The molecule has 0 aromatic heterocycles. The molecule has 0 bridgehead atoms. The molecule has 1 aliphatic rings. The summed E-state index contributed by atoms with van der Waals surface area (Å²) in [5.74, 6) is -2.72. The third-order valence-corrected chi connectivity index (χ3v) is 4.22. The molecular formula is C16H12BrF2NO. The summed E-state index contributed by atoms with van der Waals surface area (Å²) in [5, 5.41) is 2.83. The van der Waals surface area contributed by atoms with Crippen molar-refractivity contribution in [3.05, 3.63) is 69.7 Å².